The van der Waals surface area contributed by atoms with E-state index in [9.17, 15) is 19.5 Å². The van der Waals surface area contributed by atoms with E-state index in [1.54, 1.807) is 0 Å². The zero-order valence-corrected chi connectivity index (χ0v) is 16.7. The third kappa shape index (κ3) is 5.67. The fourth-order valence-electron chi connectivity index (χ4n) is 3.38. The highest BCUT2D eigenvalue weighted by Gasteiger charge is 2.26. The van der Waals surface area contributed by atoms with Crippen LogP contribution in [0.4, 0.5) is 0 Å². The van der Waals surface area contributed by atoms with Crippen molar-refractivity contribution in [3.05, 3.63) is 83.9 Å². The first-order chi connectivity index (χ1) is 14.4. The van der Waals surface area contributed by atoms with Gasteiger partial charge in [-0.05, 0) is 21.9 Å². The Morgan fingerprint density at radius 3 is 2.07 bits per heavy atom. The SMILES string of the molecule is CC(=O)N[C@H](Cc1ccccc1)C(=O)N[C@H](Cc1ccc2ccccc2c1)C(=O)O. The van der Waals surface area contributed by atoms with E-state index in [2.05, 4.69) is 10.6 Å². The molecule has 3 aromatic carbocycles. The van der Waals surface area contributed by atoms with Gasteiger partial charge in [0.1, 0.15) is 12.1 Å². The molecule has 0 fully saturated rings. The molecule has 0 spiro atoms. The second kappa shape index (κ2) is 9.69. The lowest BCUT2D eigenvalue weighted by atomic mass is 10.0. The molecule has 30 heavy (non-hydrogen) atoms. The lowest BCUT2D eigenvalue weighted by Crippen LogP contribution is -2.52. The number of hydrogen-bond acceptors (Lipinski definition) is 3. The second-order valence-electron chi connectivity index (χ2n) is 7.23. The van der Waals surface area contributed by atoms with Gasteiger partial charge in [0.25, 0.3) is 0 Å². The summed E-state index contributed by atoms with van der Waals surface area (Å²) < 4.78 is 0. The number of benzene rings is 3. The molecule has 3 rings (SSSR count). The van der Waals surface area contributed by atoms with Gasteiger partial charge in [0.05, 0.1) is 0 Å². The second-order valence-corrected chi connectivity index (χ2v) is 7.23. The Hall–Kier alpha value is -3.67. The fraction of sp³-hybridized carbons (Fsp3) is 0.208. The molecule has 0 heterocycles. The number of nitrogens with one attached hydrogen (secondary N) is 2. The summed E-state index contributed by atoms with van der Waals surface area (Å²) in [5, 5.41) is 16.9. The molecule has 0 saturated carbocycles. The van der Waals surface area contributed by atoms with Gasteiger partial charge in [-0.25, -0.2) is 4.79 Å². The molecule has 3 N–H and O–H groups in total. The van der Waals surface area contributed by atoms with Gasteiger partial charge in [0.2, 0.25) is 11.8 Å². The smallest absolute Gasteiger partial charge is 0.326 e. The highest BCUT2D eigenvalue weighted by molar-refractivity contribution is 5.90. The predicted octanol–water partition coefficient (Wildman–Crippen LogP) is 2.70. The number of fused-ring (bicyclic) bond motifs is 1. The predicted molar refractivity (Wildman–Crippen MR) is 115 cm³/mol. The summed E-state index contributed by atoms with van der Waals surface area (Å²) in [5.41, 5.74) is 1.67. The van der Waals surface area contributed by atoms with E-state index < -0.39 is 24.0 Å². The summed E-state index contributed by atoms with van der Waals surface area (Å²) in [6, 6.07) is 20.8. The van der Waals surface area contributed by atoms with Crippen LogP contribution in [0, 0.1) is 0 Å². The summed E-state index contributed by atoms with van der Waals surface area (Å²) in [4.78, 5) is 36.2. The van der Waals surface area contributed by atoms with Crippen molar-refractivity contribution in [3.63, 3.8) is 0 Å². The number of hydrogen-bond donors (Lipinski definition) is 3. The van der Waals surface area contributed by atoms with Crippen molar-refractivity contribution >= 4 is 28.6 Å². The van der Waals surface area contributed by atoms with Crippen molar-refractivity contribution in [2.45, 2.75) is 31.8 Å². The van der Waals surface area contributed by atoms with Crippen LogP contribution >= 0.6 is 0 Å². The maximum absolute atomic E-state index is 12.8. The molecular weight excluding hydrogens is 380 g/mol. The standard InChI is InChI=1S/C24H24N2O4/c1-16(27)25-21(14-17-7-3-2-4-8-17)23(28)26-22(24(29)30)15-18-11-12-19-9-5-6-10-20(19)13-18/h2-13,21-22H,14-15H2,1H3,(H,25,27)(H,26,28)(H,29,30)/t21-,22-/m1/s1. The average molecular weight is 404 g/mol. The van der Waals surface area contributed by atoms with E-state index >= 15 is 0 Å². The number of carboxylic acids is 1. The lowest BCUT2D eigenvalue weighted by Gasteiger charge is -2.21. The van der Waals surface area contributed by atoms with Crippen LogP contribution in [0.15, 0.2) is 72.8 Å². The Morgan fingerprint density at radius 1 is 0.767 bits per heavy atom. The summed E-state index contributed by atoms with van der Waals surface area (Å²) in [7, 11) is 0. The molecule has 0 unspecified atom stereocenters. The summed E-state index contributed by atoms with van der Waals surface area (Å²) in [6.07, 6.45) is 0.415. The number of carbonyl (C=O) groups is 3. The van der Waals surface area contributed by atoms with Crippen molar-refractivity contribution in [1.82, 2.24) is 10.6 Å². The molecule has 6 nitrogen and oxygen atoms in total. The first kappa shape index (κ1) is 21.0. The van der Waals surface area contributed by atoms with Crippen molar-refractivity contribution in [2.75, 3.05) is 0 Å². The molecule has 2 amide bonds. The normalized spacial score (nSPS) is 12.7. The molecule has 0 aliphatic heterocycles. The largest absolute Gasteiger partial charge is 0.480 e. The van der Waals surface area contributed by atoms with E-state index in [-0.39, 0.29) is 18.7 Å². The van der Waals surface area contributed by atoms with Crippen LogP contribution in [-0.4, -0.2) is 35.0 Å². The molecule has 0 aliphatic carbocycles. The number of carboxylic acid groups (broad SMARTS) is 1. The van der Waals surface area contributed by atoms with Crippen molar-refractivity contribution in [2.24, 2.45) is 0 Å². The van der Waals surface area contributed by atoms with Crippen LogP contribution in [-0.2, 0) is 27.2 Å². The average Bonchev–Trinajstić information content (AvgIpc) is 2.73. The lowest BCUT2D eigenvalue weighted by molar-refractivity contribution is -0.142. The number of carbonyl (C=O) groups excluding carboxylic acids is 2. The molecule has 0 aromatic heterocycles. The van der Waals surface area contributed by atoms with Gasteiger partial charge in [0, 0.05) is 19.8 Å². The summed E-state index contributed by atoms with van der Waals surface area (Å²) in [6.45, 7) is 1.33. The van der Waals surface area contributed by atoms with Gasteiger partial charge >= 0.3 is 5.97 Å². The molecule has 0 radical (unpaired) electrons. The number of amides is 2. The van der Waals surface area contributed by atoms with E-state index in [0.29, 0.717) is 0 Å². The minimum Gasteiger partial charge on any atom is -0.480 e. The Bertz CT molecular complexity index is 1050. The minimum atomic E-state index is -1.13. The van der Waals surface area contributed by atoms with Crippen molar-refractivity contribution in [3.8, 4) is 0 Å². The van der Waals surface area contributed by atoms with Gasteiger partial charge < -0.3 is 15.7 Å². The molecule has 154 valence electrons. The first-order valence-electron chi connectivity index (χ1n) is 9.74. The number of aliphatic carboxylic acids is 1. The van der Waals surface area contributed by atoms with Gasteiger partial charge in [-0.3, -0.25) is 9.59 Å². The monoisotopic (exact) mass is 404 g/mol. The van der Waals surface area contributed by atoms with E-state index in [1.807, 2.05) is 72.8 Å². The maximum Gasteiger partial charge on any atom is 0.326 e. The van der Waals surface area contributed by atoms with Crippen LogP contribution in [0.3, 0.4) is 0 Å². The van der Waals surface area contributed by atoms with Gasteiger partial charge in [-0.15, -0.1) is 0 Å². The quantitative estimate of drug-likeness (QED) is 0.538. The van der Waals surface area contributed by atoms with Gasteiger partial charge in [0.15, 0.2) is 0 Å². The van der Waals surface area contributed by atoms with E-state index in [1.165, 1.54) is 6.92 Å². The summed E-state index contributed by atoms with van der Waals surface area (Å²) >= 11 is 0. The maximum atomic E-state index is 12.8. The van der Waals surface area contributed by atoms with E-state index in [4.69, 9.17) is 0 Å². The highest BCUT2D eigenvalue weighted by atomic mass is 16.4. The van der Waals surface area contributed by atoms with E-state index in [0.717, 1.165) is 21.9 Å². The van der Waals surface area contributed by atoms with Crippen LogP contribution in [0.2, 0.25) is 0 Å². The Labute approximate surface area is 174 Å². The Balaban J connectivity index is 1.74. The van der Waals surface area contributed by atoms with Crippen molar-refractivity contribution in [1.29, 1.82) is 0 Å². The molecule has 3 aromatic rings. The fourth-order valence-corrected chi connectivity index (χ4v) is 3.38. The van der Waals surface area contributed by atoms with Crippen LogP contribution in [0.1, 0.15) is 18.1 Å². The number of rotatable bonds is 8. The summed E-state index contributed by atoms with van der Waals surface area (Å²) in [5.74, 6) is -2.01. The third-order valence-electron chi connectivity index (χ3n) is 4.84. The molecule has 6 heteroatoms. The molecule has 0 bridgehead atoms. The Kier molecular flexibility index (Phi) is 6.80. The zero-order valence-electron chi connectivity index (χ0n) is 16.7. The Morgan fingerprint density at radius 2 is 1.40 bits per heavy atom. The van der Waals surface area contributed by atoms with Gasteiger partial charge in [-0.1, -0.05) is 72.8 Å². The minimum absolute atomic E-state index is 0.143. The molecular formula is C24H24N2O4. The zero-order chi connectivity index (χ0) is 21.5. The first-order valence-corrected chi connectivity index (χ1v) is 9.74. The van der Waals surface area contributed by atoms with Crippen LogP contribution in [0.25, 0.3) is 10.8 Å². The third-order valence-corrected chi connectivity index (χ3v) is 4.84. The topological polar surface area (TPSA) is 95.5 Å². The highest BCUT2D eigenvalue weighted by Crippen LogP contribution is 2.17. The van der Waals surface area contributed by atoms with Crippen LogP contribution < -0.4 is 10.6 Å². The molecule has 2 atom stereocenters. The molecule has 0 saturated heterocycles. The van der Waals surface area contributed by atoms with Crippen molar-refractivity contribution < 1.29 is 19.5 Å². The van der Waals surface area contributed by atoms with Crippen LogP contribution in [0.5, 0.6) is 0 Å². The van der Waals surface area contributed by atoms with Gasteiger partial charge in [-0.2, -0.15) is 0 Å². The molecule has 0 aliphatic rings.